The third-order valence-electron chi connectivity index (χ3n) is 4.27. The van der Waals surface area contributed by atoms with Gasteiger partial charge in [-0.05, 0) is 36.0 Å². The van der Waals surface area contributed by atoms with Gasteiger partial charge in [0.05, 0.1) is 6.61 Å². The van der Waals surface area contributed by atoms with E-state index in [2.05, 4.69) is 6.07 Å². The molecule has 0 saturated heterocycles. The van der Waals surface area contributed by atoms with E-state index in [0.29, 0.717) is 32.1 Å². The predicted octanol–water partition coefficient (Wildman–Crippen LogP) is 2.85. The summed E-state index contributed by atoms with van der Waals surface area (Å²) in [5.74, 6) is 7.56. The number of benzene rings is 2. The van der Waals surface area contributed by atoms with Gasteiger partial charge in [0.25, 0.3) is 0 Å². The highest BCUT2D eigenvalue weighted by Crippen LogP contribution is 2.38. The van der Waals surface area contributed by atoms with E-state index in [-0.39, 0.29) is 0 Å². The minimum absolute atomic E-state index is 0.350. The average molecular weight is 326 g/mol. The summed E-state index contributed by atoms with van der Waals surface area (Å²) in [6, 6.07) is 16.0. The monoisotopic (exact) mass is 326 g/mol. The van der Waals surface area contributed by atoms with Crippen molar-refractivity contribution in [2.45, 2.75) is 25.4 Å². The lowest BCUT2D eigenvalue weighted by molar-refractivity contribution is -0.118. The van der Waals surface area contributed by atoms with E-state index in [4.69, 9.17) is 15.3 Å². The molecule has 3 rings (SSSR count). The van der Waals surface area contributed by atoms with Crippen molar-refractivity contribution in [2.24, 2.45) is 5.84 Å². The molecule has 1 unspecified atom stereocenters. The van der Waals surface area contributed by atoms with E-state index >= 15 is 0 Å². The molecule has 5 nitrogen and oxygen atoms in total. The van der Waals surface area contributed by atoms with Gasteiger partial charge in [0, 0.05) is 12.6 Å². The Morgan fingerprint density at radius 1 is 1.25 bits per heavy atom. The highest BCUT2D eigenvalue weighted by atomic mass is 16.5. The summed E-state index contributed by atoms with van der Waals surface area (Å²) < 4.78 is 11.6. The lowest BCUT2D eigenvalue weighted by Gasteiger charge is -2.27. The van der Waals surface area contributed by atoms with Gasteiger partial charge in [0.15, 0.2) is 0 Å². The van der Waals surface area contributed by atoms with Gasteiger partial charge in [-0.3, -0.25) is 9.80 Å². The molecule has 0 aliphatic carbocycles. The number of hydrogen-bond acceptors (Lipinski definition) is 4. The Morgan fingerprint density at radius 2 is 2.08 bits per heavy atom. The first-order valence-electron chi connectivity index (χ1n) is 8.16. The maximum Gasteiger partial charge on any atom is 0.223 e. The fourth-order valence-corrected chi connectivity index (χ4v) is 2.93. The molecule has 0 spiro atoms. The van der Waals surface area contributed by atoms with Crippen molar-refractivity contribution >= 4 is 6.41 Å². The van der Waals surface area contributed by atoms with Gasteiger partial charge in [0.1, 0.15) is 18.1 Å². The number of carbonyl (C=O) groups is 1. The molecule has 24 heavy (non-hydrogen) atoms. The second-order valence-electron chi connectivity index (χ2n) is 5.94. The summed E-state index contributed by atoms with van der Waals surface area (Å²) in [6.45, 7) is 1.75. The molecular weight excluding hydrogens is 304 g/mol. The molecule has 2 aromatic carbocycles. The van der Waals surface area contributed by atoms with E-state index in [9.17, 15) is 4.79 Å². The molecule has 5 heteroatoms. The molecular formula is C19H22N2O3. The molecule has 1 aliphatic heterocycles. The van der Waals surface area contributed by atoms with Crippen LogP contribution in [0.1, 0.15) is 29.9 Å². The molecule has 0 saturated carbocycles. The maximum atomic E-state index is 10.6. The summed E-state index contributed by atoms with van der Waals surface area (Å²) in [5, 5.41) is 1.19. The molecule has 0 aromatic heterocycles. The topological polar surface area (TPSA) is 64.8 Å². The van der Waals surface area contributed by atoms with E-state index in [1.165, 1.54) is 5.01 Å². The Bertz CT molecular complexity index is 676. The quantitative estimate of drug-likeness (QED) is 0.368. The van der Waals surface area contributed by atoms with Crippen LogP contribution in [-0.4, -0.2) is 24.6 Å². The van der Waals surface area contributed by atoms with Gasteiger partial charge in [-0.1, -0.05) is 36.4 Å². The fourth-order valence-electron chi connectivity index (χ4n) is 2.93. The first-order chi connectivity index (χ1) is 11.8. The Hall–Kier alpha value is -2.53. The molecule has 1 amide bonds. The van der Waals surface area contributed by atoms with Gasteiger partial charge < -0.3 is 9.47 Å². The number of nitrogens with two attached hydrogens (primary N) is 1. The van der Waals surface area contributed by atoms with Crippen molar-refractivity contribution in [3.8, 4) is 11.5 Å². The van der Waals surface area contributed by atoms with Crippen LogP contribution in [0.3, 0.4) is 0 Å². The molecule has 1 heterocycles. The van der Waals surface area contributed by atoms with Crippen molar-refractivity contribution in [1.82, 2.24) is 5.01 Å². The Labute approximate surface area is 141 Å². The van der Waals surface area contributed by atoms with Crippen LogP contribution in [0.5, 0.6) is 11.5 Å². The lowest BCUT2D eigenvalue weighted by Crippen LogP contribution is -2.31. The molecule has 1 atom stereocenters. The smallest absolute Gasteiger partial charge is 0.223 e. The molecule has 2 aromatic rings. The van der Waals surface area contributed by atoms with Crippen LogP contribution < -0.4 is 15.3 Å². The molecule has 0 radical (unpaired) electrons. The zero-order valence-electron chi connectivity index (χ0n) is 13.6. The number of hydrazine groups is 1. The van der Waals surface area contributed by atoms with Gasteiger partial charge in [-0.2, -0.15) is 0 Å². The van der Waals surface area contributed by atoms with Gasteiger partial charge >= 0.3 is 0 Å². The Morgan fingerprint density at radius 3 is 2.88 bits per heavy atom. The van der Waals surface area contributed by atoms with Gasteiger partial charge in [-0.25, -0.2) is 5.84 Å². The van der Waals surface area contributed by atoms with Crippen LogP contribution in [-0.2, 0) is 11.4 Å². The normalized spacial score (nSPS) is 16.0. The molecule has 126 valence electrons. The van der Waals surface area contributed by atoms with E-state index in [1.54, 1.807) is 0 Å². The van der Waals surface area contributed by atoms with E-state index in [1.807, 2.05) is 42.5 Å². The van der Waals surface area contributed by atoms with Crippen LogP contribution in [0.4, 0.5) is 0 Å². The minimum Gasteiger partial charge on any atom is -0.493 e. The summed E-state index contributed by atoms with van der Waals surface area (Å²) in [7, 11) is 0. The molecule has 1 aliphatic rings. The maximum absolute atomic E-state index is 10.6. The van der Waals surface area contributed by atoms with Crippen molar-refractivity contribution in [2.75, 3.05) is 13.2 Å². The number of hydrogen-bond donors (Lipinski definition) is 1. The zero-order chi connectivity index (χ0) is 16.8. The summed E-state index contributed by atoms with van der Waals surface area (Å²) in [4.78, 5) is 10.6. The highest BCUT2D eigenvalue weighted by Gasteiger charge is 2.22. The standard InChI is InChI=1S/C19H22N2O3/c20-21(14-22)10-8-16-9-11-23-19-12-17(6-7-18(16)19)24-13-15-4-2-1-3-5-15/h1-7,12,14,16H,8-11,13,20H2. The number of carbonyl (C=O) groups excluding carboxylic acids is 1. The lowest BCUT2D eigenvalue weighted by atomic mass is 9.90. The SMILES string of the molecule is NN(C=O)CCC1CCOc2cc(OCc3ccccc3)ccc21. The third-order valence-corrected chi connectivity index (χ3v) is 4.27. The zero-order valence-corrected chi connectivity index (χ0v) is 13.6. The second-order valence-corrected chi connectivity index (χ2v) is 5.94. The van der Waals surface area contributed by atoms with Crippen molar-refractivity contribution in [1.29, 1.82) is 0 Å². The molecule has 0 fully saturated rings. The van der Waals surface area contributed by atoms with Gasteiger partial charge in [-0.15, -0.1) is 0 Å². The first kappa shape index (κ1) is 16.3. The number of rotatable bonds is 7. The minimum atomic E-state index is 0.350. The predicted molar refractivity (Wildman–Crippen MR) is 91.6 cm³/mol. The van der Waals surface area contributed by atoms with Crippen LogP contribution in [0.2, 0.25) is 0 Å². The van der Waals surface area contributed by atoms with Crippen LogP contribution >= 0.6 is 0 Å². The summed E-state index contributed by atoms with van der Waals surface area (Å²) in [5.41, 5.74) is 2.29. The number of ether oxygens (including phenoxy) is 2. The van der Waals surface area contributed by atoms with Crippen LogP contribution in [0.25, 0.3) is 0 Å². The summed E-state index contributed by atoms with van der Waals surface area (Å²) >= 11 is 0. The van der Waals surface area contributed by atoms with E-state index < -0.39 is 0 Å². The summed E-state index contributed by atoms with van der Waals surface area (Å²) in [6.07, 6.45) is 2.42. The van der Waals surface area contributed by atoms with Crippen molar-refractivity contribution < 1.29 is 14.3 Å². The Balaban J connectivity index is 1.65. The average Bonchev–Trinajstić information content (AvgIpc) is 2.65. The fraction of sp³-hybridized carbons (Fsp3) is 0.316. The van der Waals surface area contributed by atoms with Crippen LogP contribution in [0.15, 0.2) is 48.5 Å². The van der Waals surface area contributed by atoms with E-state index in [0.717, 1.165) is 35.5 Å². The van der Waals surface area contributed by atoms with Crippen molar-refractivity contribution in [3.05, 3.63) is 59.7 Å². The van der Waals surface area contributed by atoms with Crippen LogP contribution in [0, 0.1) is 0 Å². The first-order valence-corrected chi connectivity index (χ1v) is 8.16. The molecule has 0 bridgehead atoms. The third kappa shape index (κ3) is 4.06. The van der Waals surface area contributed by atoms with Crippen molar-refractivity contribution in [3.63, 3.8) is 0 Å². The number of nitrogens with zero attached hydrogens (tertiary/aromatic N) is 1. The highest BCUT2D eigenvalue weighted by molar-refractivity contribution is 5.46. The Kier molecular flexibility index (Phi) is 5.33. The largest absolute Gasteiger partial charge is 0.493 e. The second kappa shape index (κ2) is 7.84. The number of amides is 1. The molecule has 2 N–H and O–H groups in total. The number of fused-ring (bicyclic) bond motifs is 1. The van der Waals surface area contributed by atoms with Gasteiger partial charge in [0.2, 0.25) is 6.41 Å².